The summed E-state index contributed by atoms with van der Waals surface area (Å²) < 4.78 is 54.3. The monoisotopic (exact) mass is 336 g/mol. The number of halogens is 4. The van der Waals surface area contributed by atoms with E-state index < -0.39 is 41.4 Å². The average Bonchev–Trinajstić information content (AvgIpc) is 3.11. The Morgan fingerprint density at radius 1 is 1.35 bits per heavy atom. The van der Waals surface area contributed by atoms with Crippen molar-refractivity contribution in [2.24, 2.45) is 5.92 Å². The van der Waals surface area contributed by atoms with Gasteiger partial charge in [-0.25, -0.2) is 8.78 Å². The molecule has 0 spiro atoms. The van der Waals surface area contributed by atoms with Crippen LogP contribution in [0, 0.1) is 5.92 Å². The molecule has 1 aromatic heterocycles. The summed E-state index contributed by atoms with van der Waals surface area (Å²) in [5.74, 6) is -4.94. The second-order valence-electron chi connectivity index (χ2n) is 5.59. The van der Waals surface area contributed by atoms with Gasteiger partial charge in [0.05, 0.1) is 6.54 Å². The molecule has 1 aromatic rings. The molecule has 23 heavy (non-hydrogen) atoms. The van der Waals surface area contributed by atoms with Crippen molar-refractivity contribution in [3.63, 3.8) is 0 Å². The third-order valence-electron chi connectivity index (χ3n) is 3.54. The first-order valence-electron chi connectivity index (χ1n) is 8.02. The van der Waals surface area contributed by atoms with Gasteiger partial charge in [0, 0.05) is 11.5 Å². The Kier molecular flexibility index (Phi) is 6.36. The van der Waals surface area contributed by atoms with Crippen LogP contribution in [-0.2, 0) is 17.3 Å². The lowest BCUT2D eigenvalue weighted by Gasteiger charge is -2.14. The lowest BCUT2D eigenvalue weighted by molar-refractivity contribution is -0.118. The number of Topliss-reactive ketones (excluding diaryl/α,β-unsaturated/α-hetero) is 1. The highest BCUT2D eigenvalue weighted by Gasteiger charge is 2.67. The molecule has 7 heteroatoms. The molecule has 2 aliphatic rings. The molecule has 2 unspecified atom stereocenters. The fourth-order valence-corrected chi connectivity index (χ4v) is 2.79. The number of nitrogens with zero attached hydrogens (tertiary/aromatic N) is 2. The minimum absolute atomic E-state index is 0.0266. The van der Waals surface area contributed by atoms with Crippen molar-refractivity contribution in [3.8, 4) is 0 Å². The van der Waals surface area contributed by atoms with Gasteiger partial charge in [-0.2, -0.15) is 13.9 Å². The van der Waals surface area contributed by atoms with Gasteiger partial charge in [-0.15, -0.1) is 0 Å². The van der Waals surface area contributed by atoms with Crippen LogP contribution in [0.3, 0.4) is 0 Å². The van der Waals surface area contributed by atoms with E-state index in [2.05, 4.69) is 18.9 Å². The van der Waals surface area contributed by atoms with Gasteiger partial charge in [0.2, 0.25) is 0 Å². The van der Waals surface area contributed by atoms with Gasteiger partial charge in [-0.1, -0.05) is 34.1 Å². The number of aromatic nitrogens is 2. The van der Waals surface area contributed by atoms with E-state index in [1.165, 1.54) is 13.3 Å². The van der Waals surface area contributed by atoms with Crippen LogP contribution in [-0.4, -0.2) is 15.6 Å². The Labute approximate surface area is 134 Å². The van der Waals surface area contributed by atoms with E-state index in [-0.39, 0.29) is 18.5 Å². The standard InChI is InChI=1S/C11H10F4N2O.C3H8.C2H6/c1-4(18)3-17-9-7(8(16-17)10(12)13)5-2-6(5)11(9,14)15;1-3-2;1-2/h5-6,10H,2-3H2,1H3;3H2,1-2H3;1-2H3. The van der Waals surface area contributed by atoms with E-state index in [0.29, 0.717) is 0 Å². The number of alkyl halides is 4. The summed E-state index contributed by atoms with van der Waals surface area (Å²) in [5.41, 5.74) is -1.09. The molecule has 132 valence electrons. The molecule has 1 fully saturated rings. The van der Waals surface area contributed by atoms with Crippen LogP contribution in [0.15, 0.2) is 0 Å². The van der Waals surface area contributed by atoms with Gasteiger partial charge < -0.3 is 0 Å². The second kappa shape index (κ2) is 7.45. The summed E-state index contributed by atoms with van der Waals surface area (Å²) in [6.45, 7) is 9.08. The largest absolute Gasteiger partial charge is 0.298 e. The summed E-state index contributed by atoms with van der Waals surface area (Å²) in [6.07, 6.45) is -1.41. The highest BCUT2D eigenvalue weighted by molar-refractivity contribution is 5.75. The van der Waals surface area contributed by atoms with Crippen molar-refractivity contribution in [3.05, 3.63) is 17.0 Å². The Hall–Kier alpha value is -1.40. The minimum atomic E-state index is -3.14. The quantitative estimate of drug-likeness (QED) is 0.723. The highest BCUT2D eigenvalue weighted by Crippen LogP contribution is 2.68. The predicted octanol–water partition coefficient (Wildman–Crippen LogP) is 5.06. The van der Waals surface area contributed by atoms with Crippen LogP contribution in [0.4, 0.5) is 17.6 Å². The fourth-order valence-electron chi connectivity index (χ4n) is 2.79. The molecule has 3 rings (SSSR count). The van der Waals surface area contributed by atoms with Crippen LogP contribution in [0.25, 0.3) is 0 Å². The first kappa shape index (κ1) is 19.6. The Morgan fingerprint density at radius 2 is 1.87 bits per heavy atom. The lowest BCUT2D eigenvalue weighted by Crippen LogP contribution is -2.22. The van der Waals surface area contributed by atoms with Crippen molar-refractivity contribution < 1.29 is 22.4 Å². The molecule has 1 heterocycles. The zero-order chi connectivity index (χ0) is 17.9. The van der Waals surface area contributed by atoms with Crippen LogP contribution >= 0.6 is 0 Å². The van der Waals surface area contributed by atoms with Crippen molar-refractivity contribution in [1.82, 2.24) is 9.78 Å². The van der Waals surface area contributed by atoms with Crippen LogP contribution in [0.1, 0.15) is 76.8 Å². The molecule has 0 N–H and O–H groups in total. The first-order valence-corrected chi connectivity index (χ1v) is 8.02. The van der Waals surface area contributed by atoms with Gasteiger partial charge in [0.15, 0.2) is 5.78 Å². The maximum Gasteiger partial charge on any atom is 0.293 e. The number of rotatable bonds is 3. The van der Waals surface area contributed by atoms with E-state index in [4.69, 9.17) is 0 Å². The molecule has 1 saturated carbocycles. The molecule has 3 nitrogen and oxygen atoms in total. The van der Waals surface area contributed by atoms with Crippen molar-refractivity contribution >= 4 is 5.78 Å². The normalized spacial score (nSPS) is 22.3. The zero-order valence-corrected chi connectivity index (χ0v) is 14.2. The zero-order valence-electron chi connectivity index (χ0n) is 14.2. The van der Waals surface area contributed by atoms with Crippen LogP contribution < -0.4 is 0 Å². The molecule has 2 aliphatic carbocycles. The van der Waals surface area contributed by atoms with Gasteiger partial charge in [0.25, 0.3) is 12.3 Å². The highest BCUT2D eigenvalue weighted by atomic mass is 19.3. The summed E-state index contributed by atoms with van der Waals surface area (Å²) in [6, 6.07) is 0. The van der Waals surface area contributed by atoms with Crippen molar-refractivity contribution in [2.75, 3.05) is 0 Å². The maximum absolute atomic E-state index is 13.9. The van der Waals surface area contributed by atoms with Gasteiger partial charge >= 0.3 is 0 Å². The fraction of sp³-hybridized carbons (Fsp3) is 0.750. The first-order chi connectivity index (χ1) is 10.8. The smallest absolute Gasteiger partial charge is 0.293 e. The molecular weight excluding hydrogens is 312 g/mol. The summed E-state index contributed by atoms with van der Waals surface area (Å²) in [5, 5.41) is 3.51. The van der Waals surface area contributed by atoms with Crippen LogP contribution in [0.5, 0.6) is 0 Å². The topological polar surface area (TPSA) is 34.9 Å². The molecular formula is C16H24F4N2O. The van der Waals surface area contributed by atoms with E-state index >= 15 is 0 Å². The third-order valence-corrected chi connectivity index (χ3v) is 3.54. The van der Waals surface area contributed by atoms with Crippen molar-refractivity contribution in [2.45, 2.75) is 72.3 Å². The molecule has 2 atom stereocenters. The number of hydrogen-bond acceptors (Lipinski definition) is 2. The Balaban J connectivity index is 0.000000477. The molecule has 0 radical (unpaired) electrons. The predicted molar refractivity (Wildman–Crippen MR) is 79.9 cm³/mol. The SMILES string of the molecule is CC.CC(=O)Cn1nc(C(F)F)c2c1C(F)(F)C1CC21.CCC. The van der Waals surface area contributed by atoms with E-state index in [0.717, 1.165) is 4.68 Å². The number of hydrogen-bond donors (Lipinski definition) is 0. The number of carbonyl (C=O) groups is 1. The number of fused-ring (bicyclic) bond motifs is 3. The average molecular weight is 336 g/mol. The molecule has 0 bridgehead atoms. The molecule has 0 aliphatic heterocycles. The van der Waals surface area contributed by atoms with Gasteiger partial charge in [-0.3, -0.25) is 9.48 Å². The third kappa shape index (κ3) is 3.58. The number of carbonyl (C=O) groups excluding carboxylic acids is 1. The van der Waals surface area contributed by atoms with Gasteiger partial charge in [0.1, 0.15) is 11.4 Å². The summed E-state index contributed by atoms with van der Waals surface area (Å²) >= 11 is 0. The van der Waals surface area contributed by atoms with Gasteiger partial charge in [-0.05, 0) is 19.3 Å². The Bertz CT molecular complexity index is 555. The summed E-state index contributed by atoms with van der Waals surface area (Å²) in [7, 11) is 0. The Morgan fingerprint density at radius 3 is 2.30 bits per heavy atom. The molecule has 0 saturated heterocycles. The van der Waals surface area contributed by atoms with E-state index in [1.54, 1.807) is 0 Å². The molecule has 0 amide bonds. The van der Waals surface area contributed by atoms with Crippen molar-refractivity contribution in [1.29, 1.82) is 0 Å². The second-order valence-corrected chi connectivity index (χ2v) is 5.59. The van der Waals surface area contributed by atoms with E-state index in [9.17, 15) is 22.4 Å². The number of ketones is 1. The minimum Gasteiger partial charge on any atom is -0.298 e. The maximum atomic E-state index is 13.9. The molecule has 0 aromatic carbocycles. The summed E-state index contributed by atoms with van der Waals surface area (Å²) in [4.78, 5) is 11.0. The van der Waals surface area contributed by atoms with E-state index in [1.807, 2.05) is 13.8 Å². The van der Waals surface area contributed by atoms with Crippen LogP contribution in [0.2, 0.25) is 0 Å². The lowest BCUT2D eigenvalue weighted by atomic mass is 10.1.